The standard InChI is InChI=1S/C16H15F2NO/c17-14-5-1-10(7-15(14)18)9-20-12-3-4-13-11(8-12)2-6-16(13)19/h1,3-5,7-8,16H,2,6,9,19H2. The van der Waals surface area contributed by atoms with Crippen LogP contribution in [0.5, 0.6) is 5.75 Å². The summed E-state index contributed by atoms with van der Waals surface area (Å²) in [5.74, 6) is -0.978. The van der Waals surface area contributed by atoms with Crippen molar-refractivity contribution in [2.45, 2.75) is 25.5 Å². The molecule has 0 aliphatic heterocycles. The molecule has 0 aromatic heterocycles. The lowest BCUT2D eigenvalue weighted by atomic mass is 10.1. The van der Waals surface area contributed by atoms with Gasteiger partial charge in [-0.15, -0.1) is 0 Å². The van der Waals surface area contributed by atoms with E-state index in [0.29, 0.717) is 5.56 Å². The molecule has 1 unspecified atom stereocenters. The Kier molecular flexibility index (Phi) is 3.40. The first-order chi connectivity index (χ1) is 9.63. The summed E-state index contributed by atoms with van der Waals surface area (Å²) in [4.78, 5) is 0. The second-order valence-corrected chi connectivity index (χ2v) is 5.04. The summed E-state index contributed by atoms with van der Waals surface area (Å²) in [5, 5.41) is 0. The maximum Gasteiger partial charge on any atom is 0.159 e. The predicted octanol–water partition coefficient (Wildman–Crippen LogP) is 3.49. The van der Waals surface area contributed by atoms with Gasteiger partial charge in [0.25, 0.3) is 0 Å². The van der Waals surface area contributed by atoms with Crippen LogP contribution in [-0.2, 0) is 13.0 Å². The molecule has 2 nitrogen and oxygen atoms in total. The summed E-state index contributed by atoms with van der Waals surface area (Å²) in [7, 11) is 0. The van der Waals surface area contributed by atoms with Crippen molar-refractivity contribution in [3.8, 4) is 5.75 Å². The quantitative estimate of drug-likeness (QED) is 0.930. The van der Waals surface area contributed by atoms with Crippen LogP contribution in [0.3, 0.4) is 0 Å². The van der Waals surface area contributed by atoms with Crippen molar-refractivity contribution < 1.29 is 13.5 Å². The van der Waals surface area contributed by atoms with E-state index in [2.05, 4.69) is 0 Å². The molecule has 2 N–H and O–H groups in total. The van der Waals surface area contributed by atoms with Crippen molar-refractivity contribution >= 4 is 0 Å². The molecule has 1 atom stereocenters. The molecule has 4 heteroatoms. The van der Waals surface area contributed by atoms with Crippen LogP contribution in [0.15, 0.2) is 36.4 Å². The summed E-state index contributed by atoms with van der Waals surface area (Å²) < 4.78 is 31.5. The summed E-state index contributed by atoms with van der Waals surface area (Å²) in [6.45, 7) is 0.210. The van der Waals surface area contributed by atoms with E-state index >= 15 is 0 Å². The lowest BCUT2D eigenvalue weighted by Gasteiger charge is -2.09. The van der Waals surface area contributed by atoms with Crippen molar-refractivity contribution in [1.29, 1.82) is 0 Å². The average Bonchev–Trinajstić information content (AvgIpc) is 2.81. The molecule has 1 aliphatic rings. The number of hydrogen-bond acceptors (Lipinski definition) is 2. The Labute approximate surface area is 116 Å². The van der Waals surface area contributed by atoms with Gasteiger partial charge < -0.3 is 10.5 Å². The monoisotopic (exact) mass is 275 g/mol. The van der Waals surface area contributed by atoms with Crippen LogP contribution >= 0.6 is 0 Å². The van der Waals surface area contributed by atoms with Gasteiger partial charge >= 0.3 is 0 Å². The molecule has 20 heavy (non-hydrogen) atoms. The molecule has 0 saturated heterocycles. The van der Waals surface area contributed by atoms with Gasteiger partial charge in [-0.3, -0.25) is 0 Å². The summed E-state index contributed by atoms with van der Waals surface area (Å²) >= 11 is 0. The number of rotatable bonds is 3. The Bertz CT molecular complexity index is 642. The van der Waals surface area contributed by atoms with E-state index in [1.54, 1.807) is 0 Å². The molecule has 0 saturated carbocycles. The minimum atomic E-state index is -0.856. The minimum Gasteiger partial charge on any atom is -0.489 e. The highest BCUT2D eigenvalue weighted by Gasteiger charge is 2.19. The average molecular weight is 275 g/mol. The fourth-order valence-corrected chi connectivity index (χ4v) is 2.51. The summed E-state index contributed by atoms with van der Waals surface area (Å²) in [6, 6.07) is 9.71. The highest BCUT2D eigenvalue weighted by atomic mass is 19.2. The topological polar surface area (TPSA) is 35.2 Å². The van der Waals surface area contributed by atoms with Crippen LogP contribution in [0.1, 0.15) is 29.2 Å². The zero-order valence-electron chi connectivity index (χ0n) is 10.9. The molecule has 0 fully saturated rings. The predicted molar refractivity (Wildman–Crippen MR) is 72.4 cm³/mol. The molecular formula is C16H15F2NO. The maximum absolute atomic E-state index is 13.1. The fraction of sp³-hybridized carbons (Fsp3) is 0.250. The third kappa shape index (κ3) is 2.51. The molecule has 1 aliphatic carbocycles. The van der Waals surface area contributed by atoms with Crippen molar-refractivity contribution in [3.05, 3.63) is 64.7 Å². The number of aryl methyl sites for hydroxylation is 1. The van der Waals surface area contributed by atoms with Gasteiger partial charge in [0.15, 0.2) is 11.6 Å². The van der Waals surface area contributed by atoms with Crippen molar-refractivity contribution in [3.63, 3.8) is 0 Å². The maximum atomic E-state index is 13.1. The number of benzene rings is 2. The number of ether oxygens (including phenoxy) is 1. The van der Waals surface area contributed by atoms with Crippen LogP contribution in [0.4, 0.5) is 8.78 Å². The molecular weight excluding hydrogens is 260 g/mol. The summed E-state index contributed by atoms with van der Waals surface area (Å²) in [5.41, 5.74) is 8.95. The largest absolute Gasteiger partial charge is 0.489 e. The smallest absolute Gasteiger partial charge is 0.159 e. The number of hydrogen-bond donors (Lipinski definition) is 1. The molecule has 0 bridgehead atoms. The molecule has 0 heterocycles. The van der Waals surface area contributed by atoms with Gasteiger partial charge in [-0.05, 0) is 53.8 Å². The van der Waals surface area contributed by atoms with E-state index in [1.807, 2.05) is 18.2 Å². The lowest BCUT2D eigenvalue weighted by Crippen LogP contribution is -2.05. The van der Waals surface area contributed by atoms with Gasteiger partial charge in [0.2, 0.25) is 0 Å². The van der Waals surface area contributed by atoms with Crippen LogP contribution in [0, 0.1) is 11.6 Å². The first-order valence-electron chi connectivity index (χ1n) is 6.58. The zero-order chi connectivity index (χ0) is 14.1. The highest BCUT2D eigenvalue weighted by molar-refractivity contribution is 5.40. The number of nitrogens with two attached hydrogens (primary N) is 1. The first-order valence-corrected chi connectivity index (χ1v) is 6.58. The van der Waals surface area contributed by atoms with Crippen LogP contribution < -0.4 is 10.5 Å². The number of fused-ring (bicyclic) bond motifs is 1. The Hall–Kier alpha value is -1.94. The normalized spacial score (nSPS) is 17.1. The second-order valence-electron chi connectivity index (χ2n) is 5.04. The third-order valence-electron chi connectivity index (χ3n) is 3.63. The van der Waals surface area contributed by atoms with E-state index in [9.17, 15) is 8.78 Å². The van der Waals surface area contributed by atoms with Crippen molar-refractivity contribution in [1.82, 2.24) is 0 Å². The molecule has 0 spiro atoms. The second kappa shape index (κ2) is 5.21. The molecule has 0 radical (unpaired) electrons. The molecule has 0 amide bonds. The Morgan fingerprint density at radius 2 is 1.95 bits per heavy atom. The van der Waals surface area contributed by atoms with Crippen molar-refractivity contribution in [2.75, 3.05) is 0 Å². The van der Waals surface area contributed by atoms with E-state index < -0.39 is 11.6 Å². The van der Waals surface area contributed by atoms with Crippen LogP contribution in [-0.4, -0.2) is 0 Å². The van der Waals surface area contributed by atoms with Gasteiger partial charge in [-0.1, -0.05) is 12.1 Å². The summed E-state index contributed by atoms with van der Waals surface area (Å²) in [6.07, 6.45) is 1.92. The molecule has 2 aromatic rings. The highest BCUT2D eigenvalue weighted by Crippen LogP contribution is 2.32. The van der Waals surface area contributed by atoms with E-state index in [0.717, 1.165) is 30.7 Å². The van der Waals surface area contributed by atoms with E-state index in [4.69, 9.17) is 10.5 Å². The zero-order valence-corrected chi connectivity index (χ0v) is 10.9. The number of halogens is 2. The Balaban J connectivity index is 1.71. The lowest BCUT2D eigenvalue weighted by molar-refractivity contribution is 0.305. The van der Waals surface area contributed by atoms with Gasteiger partial charge in [-0.25, -0.2) is 8.78 Å². The molecule has 3 rings (SSSR count). The Morgan fingerprint density at radius 3 is 2.75 bits per heavy atom. The van der Waals surface area contributed by atoms with Crippen LogP contribution in [0.25, 0.3) is 0 Å². The van der Waals surface area contributed by atoms with Gasteiger partial charge in [0.1, 0.15) is 12.4 Å². The van der Waals surface area contributed by atoms with Gasteiger partial charge in [0.05, 0.1) is 0 Å². The van der Waals surface area contributed by atoms with E-state index in [1.165, 1.54) is 17.2 Å². The van der Waals surface area contributed by atoms with Crippen molar-refractivity contribution in [2.24, 2.45) is 5.73 Å². The fourth-order valence-electron chi connectivity index (χ4n) is 2.51. The van der Waals surface area contributed by atoms with Crippen LogP contribution in [0.2, 0.25) is 0 Å². The first kappa shape index (κ1) is 13.1. The molecule has 2 aromatic carbocycles. The third-order valence-corrected chi connectivity index (χ3v) is 3.63. The Morgan fingerprint density at radius 1 is 1.10 bits per heavy atom. The van der Waals surface area contributed by atoms with Gasteiger partial charge in [-0.2, -0.15) is 0 Å². The SMILES string of the molecule is NC1CCc2cc(OCc3ccc(F)c(F)c3)ccc21. The minimum absolute atomic E-state index is 0.116. The molecule has 104 valence electrons. The van der Waals surface area contributed by atoms with Gasteiger partial charge in [0, 0.05) is 6.04 Å². The van der Waals surface area contributed by atoms with E-state index in [-0.39, 0.29) is 12.6 Å².